The highest BCUT2D eigenvalue weighted by atomic mass is 35.5. The number of ether oxygens (including phenoxy) is 7. The fourth-order valence-corrected chi connectivity index (χ4v) is 21.0. The third-order valence-corrected chi connectivity index (χ3v) is 27.9. The Labute approximate surface area is 737 Å². The van der Waals surface area contributed by atoms with Gasteiger partial charge in [-0.3, -0.25) is 38.4 Å². The van der Waals surface area contributed by atoms with Crippen molar-refractivity contribution in [2.45, 2.75) is 240 Å². The number of carbonyl (C=O) groups is 8. The normalized spacial score (nSPS) is 30.5. The number of hydrogen-bond acceptors (Lipinski definition) is 27. The number of nitrogens with two attached hydrogens (primary N) is 1. The summed E-state index contributed by atoms with van der Waals surface area (Å²) in [6, 6.07) is 11.8. The van der Waals surface area contributed by atoms with Gasteiger partial charge in [-0.1, -0.05) is 81.9 Å². The summed E-state index contributed by atoms with van der Waals surface area (Å²) in [5.74, 6) is -16.8. The number of phenolic OH excluding ortho intramolecular Hbond substituents is 3. The number of ketones is 3. The van der Waals surface area contributed by atoms with Crippen molar-refractivity contribution in [1.29, 1.82) is 0 Å². The predicted molar refractivity (Wildman–Crippen MR) is 453 cm³/mol. The van der Waals surface area contributed by atoms with E-state index in [9.17, 15) is 64.0 Å². The van der Waals surface area contributed by atoms with E-state index in [0.29, 0.717) is 30.6 Å². The Morgan fingerprint density at radius 1 is 0.690 bits per heavy atom. The van der Waals surface area contributed by atoms with E-state index < -0.39 is 242 Å². The van der Waals surface area contributed by atoms with Gasteiger partial charge in [0.15, 0.2) is 41.2 Å². The van der Waals surface area contributed by atoms with E-state index in [2.05, 4.69) is 21.3 Å². The van der Waals surface area contributed by atoms with E-state index in [-0.39, 0.29) is 99.3 Å². The number of Topliss-reactive ketones (excluding diaryl/α,β-unsaturated/α-hetero) is 3. The maximum atomic E-state index is 16.8. The minimum atomic E-state index is -4.87. The van der Waals surface area contributed by atoms with Crippen molar-refractivity contribution < 1.29 is 126 Å². The number of aliphatic hydroxyl groups is 6. The number of benzene rings is 6. The number of aliphatic hydroxyl groups excluding tert-OH is 6. The molecule has 6 aromatic rings. The summed E-state index contributed by atoms with van der Waals surface area (Å²) in [4.78, 5) is 125. The lowest BCUT2D eigenvalue weighted by Gasteiger charge is -2.54. The maximum absolute atomic E-state index is 16.8. The van der Waals surface area contributed by atoms with E-state index in [1.807, 2.05) is 25.5 Å². The van der Waals surface area contributed by atoms with Crippen LogP contribution in [0.1, 0.15) is 196 Å². The molecule has 4 saturated carbocycles. The summed E-state index contributed by atoms with van der Waals surface area (Å²) in [5, 5.41) is 117. The molecule has 17 rings (SSSR count). The lowest BCUT2D eigenvalue weighted by molar-refractivity contribution is -0.333. The Bertz CT molecular complexity index is 5220. The van der Waals surface area contributed by atoms with Gasteiger partial charge in [0, 0.05) is 60.8 Å². The SMILES string of the molecule is CCCCCOc1ccc(S(=O)(=O)NC(=O)C[C@@H]2CC(=O)[C@H](NC(=O)[C@H](CC)CC(C)C)[C@H](O)c3ccc(c(Cl)c3)Oc3cc4cc(c3O[C@@H]3O[C@H](CO)[C@@H](O)[C@H](O)[C@H]3O[C@H]3C[C@](C)(N)[C@H](O)[C@H](C)O3)Oc3ccc(cc3Cl)[C@@H](O)[C@@H]3NC(=O)[C@H](CC(=O)[C@@H]4NC2=O)c2ccc(O)c(c2)-c2c(O)cc(O)cc2[C@@H](C(=O)CC2C4CC5CC(C4)CC2C5)NC3=O)cc1. The highest BCUT2D eigenvalue weighted by Gasteiger charge is 2.53. The standard InChI is InChI=1S/C91H108Cl2N6O26S/c1-7-9-10-21-119-54-14-16-55(17-15-54)126(117,118)99-72(107)34-52-31-64(104)77(97-86(113)45(8-2)22-41(3)4)79(108)47-12-19-67(60(92)29-47)121-69-32-51-33-70(83(69)125-90-84(82(111)81(110)71(40-100)123-90)124-73-39-91(6,94)85(112)42(5)120-73)122-68-20-13-48(30-61(68)93)80(109)78-89(116)96-76(66(106)37-56-49-24-43-23-44(26-49)27-50(56)25-43)59-35-53(101)36-63(103)74(59)58-28-46(11-18-62(58)102)57(88(115)98-78)38-65(105)75(51)95-87(52)114/h11-20,28-30,32-33,35-36,41-45,49-50,52,56-57,71,73,75-82,84-85,90,100-103,108-112H,7-10,21-27,31,34,37-40,94H2,1-6H3,(H,95,114)(H,96,116)(H,97,113)(H,98,115)(H,99,107)/t42-,43?,44?,45+,49?,50?,52-,56?,57+,71+,73-,75+,76-,77-,78-,79+,80+,81+,82-,84+,85+,90-,91-/m0/s1. The first-order valence-corrected chi connectivity index (χ1v) is 45.1. The summed E-state index contributed by atoms with van der Waals surface area (Å²) in [6.45, 7) is 9.82. The van der Waals surface area contributed by atoms with E-state index >= 15 is 28.8 Å². The lowest BCUT2D eigenvalue weighted by atomic mass is 9.51. The Morgan fingerprint density at radius 3 is 1.94 bits per heavy atom. The largest absolute Gasteiger partial charge is 0.508 e. The Kier molecular flexibility index (Phi) is 28.2. The molecule has 5 amide bonds. The second-order valence-corrected chi connectivity index (χ2v) is 38.1. The van der Waals surface area contributed by atoms with Crippen LogP contribution in [0, 0.1) is 47.3 Å². The zero-order valence-corrected chi connectivity index (χ0v) is 72.6. The van der Waals surface area contributed by atoms with Crippen molar-refractivity contribution >= 4 is 80.1 Å². The van der Waals surface area contributed by atoms with Crippen molar-refractivity contribution in [3.63, 3.8) is 0 Å². The molecule has 16 N–H and O–H groups in total. The molecular weight excluding hydrogens is 1700 g/mol. The van der Waals surface area contributed by atoms with Crippen molar-refractivity contribution in [1.82, 2.24) is 26.0 Å². The number of carbonyl (C=O) groups excluding carboxylic acids is 8. The molecule has 18 atom stereocenters. The van der Waals surface area contributed by atoms with Crippen molar-refractivity contribution in [2.24, 2.45) is 53.1 Å². The van der Waals surface area contributed by atoms with E-state index in [1.165, 1.54) is 80.6 Å². The zero-order chi connectivity index (χ0) is 90.4. The van der Waals surface area contributed by atoms with Gasteiger partial charge in [0.2, 0.25) is 41.6 Å². The maximum Gasteiger partial charge on any atom is 0.264 e. The molecule has 35 heteroatoms. The van der Waals surface area contributed by atoms with Crippen molar-refractivity contribution in [2.75, 3.05) is 13.2 Å². The lowest BCUT2D eigenvalue weighted by Crippen LogP contribution is -2.64. The van der Waals surface area contributed by atoms with Crippen molar-refractivity contribution in [3.8, 4) is 62.9 Å². The minimum Gasteiger partial charge on any atom is -0.508 e. The van der Waals surface area contributed by atoms with Crippen molar-refractivity contribution in [3.05, 3.63) is 141 Å². The molecule has 11 aliphatic rings. The number of rotatable bonds is 22. The Hall–Kier alpha value is -9.59. The molecular formula is C91H108Cl2N6O26S. The number of phenols is 3. The number of fused-ring (bicyclic) bond motifs is 15. The van der Waals surface area contributed by atoms with Crippen LogP contribution in [0.5, 0.6) is 51.7 Å². The van der Waals surface area contributed by atoms with Gasteiger partial charge in [0.05, 0.1) is 52.2 Å². The zero-order valence-electron chi connectivity index (χ0n) is 70.3. The molecule has 15 bridgehead atoms. The number of sulfonamides is 1. The molecule has 6 fully saturated rings. The summed E-state index contributed by atoms with van der Waals surface area (Å²) in [7, 11) is -4.87. The Balaban J connectivity index is 0.964. The fourth-order valence-electron chi connectivity index (χ4n) is 19.5. The molecule has 7 aliphatic heterocycles. The van der Waals surface area contributed by atoms with E-state index in [1.54, 1.807) is 6.92 Å². The predicted octanol–water partition coefficient (Wildman–Crippen LogP) is 9.06. The topological polar surface area (TPSA) is 504 Å². The fraction of sp³-hybridized carbons (Fsp3) is 0.516. The summed E-state index contributed by atoms with van der Waals surface area (Å²) >= 11 is 14.6. The number of halogens is 2. The monoisotopic (exact) mass is 1800 g/mol. The average Bonchev–Trinajstić information content (AvgIpc) is 0.751. The molecule has 0 radical (unpaired) electrons. The molecule has 32 nitrogen and oxygen atoms in total. The second kappa shape index (κ2) is 38.4. The van der Waals surface area contributed by atoms with Gasteiger partial charge < -0.3 is 106 Å². The van der Waals surface area contributed by atoms with Crippen LogP contribution in [0.2, 0.25) is 10.0 Å². The van der Waals surface area contributed by atoms with Gasteiger partial charge in [-0.05, 0) is 207 Å². The molecule has 678 valence electrons. The first-order chi connectivity index (χ1) is 59.9. The van der Waals surface area contributed by atoms with Gasteiger partial charge >= 0.3 is 0 Å². The van der Waals surface area contributed by atoms with E-state index in [4.69, 9.17) is 62.1 Å². The molecule has 7 heterocycles. The number of nitrogens with one attached hydrogen (secondary N) is 5. The van der Waals surface area contributed by atoms with Crippen LogP contribution >= 0.6 is 23.2 Å². The third kappa shape index (κ3) is 20.0. The van der Waals surface area contributed by atoms with Gasteiger partial charge in [-0.15, -0.1) is 0 Å². The number of aromatic hydroxyl groups is 3. The van der Waals surface area contributed by atoms with Gasteiger partial charge in [0.25, 0.3) is 10.0 Å². The number of amides is 5. The van der Waals surface area contributed by atoms with E-state index in [0.717, 1.165) is 81.3 Å². The van der Waals surface area contributed by atoms with Crippen LogP contribution < -0.4 is 50.7 Å². The van der Waals surface area contributed by atoms with Crippen LogP contribution in [0.25, 0.3) is 11.1 Å². The third-order valence-electron chi connectivity index (χ3n) is 25.9. The molecule has 4 aliphatic carbocycles. The van der Waals surface area contributed by atoms with Crippen LogP contribution in [-0.2, 0) is 62.6 Å². The van der Waals surface area contributed by atoms with Crippen LogP contribution in [-0.4, -0.2) is 181 Å². The quantitative estimate of drug-likeness (QED) is 0.0282. The van der Waals surface area contributed by atoms with Crippen LogP contribution in [0.3, 0.4) is 0 Å². The first-order valence-electron chi connectivity index (χ1n) is 42.9. The molecule has 2 saturated heterocycles. The number of hydrogen-bond donors (Lipinski definition) is 15. The average molecular weight is 1800 g/mol. The van der Waals surface area contributed by atoms with Gasteiger partial charge in [0.1, 0.15) is 89.2 Å². The highest BCUT2D eigenvalue weighted by molar-refractivity contribution is 7.90. The minimum absolute atomic E-state index is 0.0755. The smallest absolute Gasteiger partial charge is 0.264 e. The molecule has 0 unspecified atom stereocenters. The van der Waals surface area contributed by atoms with Crippen LogP contribution in [0.15, 0.2) is 108 Å². The molecule has 126 heavy (non-hydrogen) atoms. The number of unbranched alkanes of at least 4 members (excludes halogenated alkanes) is 2. The molecule has 6 aromatic carbocycles. The highest BCUT2D eigenvalue weighted by Crippen LogP contribution is 2.59. The second-order valence-electron chi connectivity index (χ2n) is 35.6. The van der Waals surface area contributed by atoms with Gasteiger partial charge in [-0.2, -0.15) is 0 Å². The first kappa shape index (κ1) is 92.6. The summed E-state index contributed by atoms with van der Waals surface area (Å²) < 4.78 is 75.7. The van der Waals surface area contributed by atoms with Gasteiger partial charge in [-0.25, -0.2) is 13.1 Å². The molecule has 0 aromatic heterocycles. The molecule has 0 spiro atoms. The summed E-state index contributed by atoms with van der Waals surface area (Å²) in [6.07, 6.45) is -13.7. The summed E-state index contributed by atoms with van der Waals surface area (Å²) in [5.41, 5.74) is 3.37. The van der Waals surface area contributed by atoms with Crippen LogP contribution in [0.4, 0.5) is 0 Å². The Morgan fingerprint density at radius 2 is 1.33 bits per heavy atom.